The molecule has 1 atom stereocenters. The minimum absolute atomic E-state index is 0.0898. The number of benzene rings is 4. The molecule has 0 bridgehead atoms. The van der Waals surface area contributed by atoms with E-state index in [-0.39, 0.29) is 17.1 Å². The lowest BCUT2D eigenvalue weighted by Crippen LogP contribution is -2.29. The molecule has 35 heavy (non-hydrogen) atoms. The fourth-order valence-corrected chi connectivity index (χ4v) is 4.58. The smallest absolute Gasteiger partial charge is 0.295 e. The highest BCUT2D eigenvalue weighted by molar-refractivity contribution is 6.10. The average molecular weight is 460 g/mol. The minimum Gasteiger partial charge on any atom is -0.489 e. The van der Waals surface area contributed by atoms with Crippen molar-refractivity contribution in [2.75, 3.05) is 4.90 Å². The summed E-state index contributed by atoms with van der Waals surface area (Å²) in [5, 5.41) is 0.460. The number of carbonyl (C=O) groups excluding carboxylic acids is 1. The highest BCUT2D eigenvalue weighted by atomic mass is 16.5. The van der Waals surface area contributed by atoms with E-state index < -0.39 is 6.04 Å². The Hall–Kier alpha value is -4.64. The fourth-order valence-electron chi connectivity index (χ4n) is 4.58. The van der Waals surface area contributed by atoms with Gasteiger partial charge in [0, 0.05) is 5.69 Å². The molecule has 0 spiro atoms. The second-order valence-corrected chi connectivity index (χ2v) is 8.43. The van der Waals surface area contributed by atoms with Gasteiger partial charge in [0.1, 0.15) is 17.9 Å². The first-order valence-corrected chi connectivity index (χ1v) is 11.4. The van der Waals surface area contributed by atoms with Crippen LogP contribution in [0.25, 0.3) is 11.0 Å². The molecule has 1 unspecified atom stereocenters. The van der Waals surface area contributed by atoms with E-state index in [2.05, 4.69) is 0 Å². The molecule has 0 saturated carbocycles. The van der Waals surface area contributed by atoms with E-state index in [4.69, 9.17) is 9.15 Å². The number of hydrogen-bond acceptors (Lipinski definition) is 4. The number of amides is 1. The zero-order valence-corrected chi connectivity index (χ0v) is 18.8. The molecule has 5 aromatic rings. The van der Waals surface area contributed by atoms with Crippen molar-refractivity contribution < 1.29 is 13.9 Å². The van der Waals surface area contributed by atoms with E-state index in [1.54, 1.807) is 29.2 Å². The molecule has 1 aromatic heterocycles. The van der Waals surface area contributed by atoms with Crippen molar-refractivity contribution in [3.63, 3.8) is 0 Å². The predicted octanol–water partition coefficient (Wildman–Crippen LogP) is 6.12. The van der Waals surface area contributed by atoms with Gasteiger partial charge in [-0.3, -0.25) is 14.5 Å². The fraction of sp³-hybridized carbons (Fsp3) is 0.0667. The summed E-state index contributed by atoms with van der Waals surface area (Å²) in [7, 11) is 0. The highest BCUT2D eigenvalue weighted by Gasteiger charge is 2.43. The molecule has 6 rings (SSSR count). The monoisotopic (exact) mass is 459 g/mol. The first-order chi connectivity index (χ1) is 17.2. The standard InChI is InChI=1S/C30H21NO4/c32-28-24-13-7-8-14-25(24)35-29-26(28)27(31(30(29)33)22-11-5-2-6-12-22)21-15-17-23(18-16-21)34-19-20-9-3-1-4-10-20/h1-18,27H,19H2. The summed E-state index contributed by atoms with van der Waals surface area (Å²) in [6.45, 7) is 0.455. The Morgan fingerprint density at radius 1 is 0.743 bits per heavy atom. The van der Waals surface area contributed by atoms with E-state index >= 15 is 0 Å². The zero-order chi connectivity index (χ0) is 23.8. The van der Waals surface area contributed by atoms with Gasteiger partial charge in [0.25, 0.3) is 5.91 Å². The minimum atomic E-state index is -0.607. The van der Waals surface area contributed by atoms with Gasteiger partial charge in [-0.2, -0.15) is 0 Å². The summed E-state index contributed by atoms with van der Waals surface area (Å²) in [4.78, 5) is 28.8. The predicted molar refractivity (Wildman–Crippen MR) is 135 cm³/mol. The van der Waals surface area contributed by atoms with E-state index in [0.29, 0.717) is 34.6 Å². The van der Waals surface area contributed by atoms with Crippen LogP contribution >= 0.6 is 0 Å². The number of hydrogen-bond donors (Lipinski definition) is 0. The molecule has 1 amide bonds. The maximum Gasteiger partial charge on any atom is 0.295 e. The molecular formula is C30H21NO4. The van der Waals surface area contributed by atoms with Crippen LogP contribution in [0.5, 0.6) is 5.75 Å². The van der Waals surface area contributed by atoms with Crippen molar-refractivity contribution in [3.05, 3.63) is 142 Å². The summed E-state index contributed by atoms with van der Waals surface area (Å²) in [5.74, 6) is 0.467. The molecule has 170 valence electrons. The van der Waals surface area contributed by atoms with E-state index in [1.807, 2.05) is 84.9 Å². The van der Waals surface area contributed by atoms with Crippen molar-refractivity contribution in [3.8, 4) is 5.75 Å². The van der Waals surface area contributed by atoms with Gasteiger partial charge >= 0.3 is 0 Å². The number of fused-ring (bicyclic) bond motifs is 2. The number of ether oxygens (including phenoxy) is 1. The largest absolute Gasteiger partial charge is 0.489 e. The Kier molecular flexibility index (Phi) is 5.15. The van der Waals surface area contributed by atoms with Crippen LogP contribution in [0.2, 0.25) is 0 Å². The number of rotatable bonds is 5. The molecule has 0 radical (unpaired) electrons. The normalized spacial score (nSPS) is 14.8. The number of para-hydroxylation sites is 2. The lowest BCUT2D eigenvalue weighted by Gasteiger charge is -2.25. The van der Waals surface area contributed by atoms with Crippen molar-refractivity contribution in [2.45, 2.75) is 12.6 Å². The van der Waals surface area contributed by atoms with Crippen molar-refractivity contribution in [1.29, 1.82) is 0 Å². The van der Waals surface area contributed by atoms with Crippen LogP contribution in [0, 0.1) is 0 Å². The summed E-state index contributed by atoms with van der Waals surface area (Å²) >= 11 is 0. The van der Waals surface area contributed by atoms with Crippen molar-refractivity contribution in [1.82, 2.24) is 0 Å². The molecular weight excluding hydrogens is 438 g/mol. The summed E-state index contributed by atoms with van der Waals surface area (Å²) in [5.41, 5.74) is 3.14. The molecule has 1 aliphatic heterocycles. The van der Waals surface area contributed by atoms with Crippen LogP contribution in [-0.2, 0) is 6.61 Å². The van der Waals surface area contributed by atoms with Crippen molar-refractivity contribution >= 4 is 22.6 Å². The van der Waals surface area contributed by atoms with Crippen LogP contribution in [0.1, 0.15) is 33.3 Å². The van der Waals surface area contributed by atoms with Gasteiger partial charge in [-0.25, -0.2) is 0 Å². The van der Waals surface area contributed by atoms with Gasteiger partial charge in [-0.05, 0) is 47.5 Å². The van der Waals surface area contributed by atoms with Gasteiger partial charge in [0.2, 0.25) is 5.76 Å². The highest BCUT2D eigenvalue weighted by Crippen LogP contribution is 2.41. The number of carbonyl (C=O) groups is 1. The summed E-state index contributed by atoms with van der Waals surface area (Å²) in [6.07, 6.45) is 0. The van der Waals surface area contributed by atoms with Gasteiger partial charge in [-0.15, -0.1) is 0 Å². The Morgan fingerprint density at radius 3 is 2.14 bits per heavy atom. The van der Waals surface area contributed by atoms with Crippen LogP contribution in [0.15, 0.2) is 118 Å². The van der Waals surface area contributed by atoms with Crippen LogP contribution in [-0.4, -0.2) is 5.91 Å². The molecule has 5 nitrogen and oxygen atoms in total. The first kappa shape index (κ1) is 20.9. The second-order valence-electron chi connectivity index (χ2n) is 8.43. The van der Waals surface area contributed by atoms with E-state index in [9.17, 15) is 9.59 Å². The second kappa shape index (κ2) is 8.61. The molecule has 0 fully saturated rings. The number of anilines is 1. The van der Waals surface area contributed by atoms with Crippen molar-refractivity contribution in [2.24, 2.45) is 0 Å². The van der Waals surface area contributed by atoms with Gasteiger partial charge in [0.05, 0.1) is 17.0 Å². The molecule has 2 heterocycles. The van der Waals surface area contributed by atoms with E-state index in [1.165, 1.54) is 0 Å². The molecule has 4 aromatic carbocycles. The third-order valence-electron chi connectivity index (χ3n) is 6.26. The lowest BCUT2D eigenvalue weighted by molar-refractivity contribution is 0.0971. The van der Waals surface area contributed by atoms with Gasteiger partial charge < -0.3 is 9.15 Å². The maximum atomic E-state index is 13.6. The number of nitrogens with zero attached hydrogens (tertiary/aromatic N) is 1. The SMILES string of the molecule is O=C1c2oc3ccccc3c(=O)c2C(c2ccc(OCc3ccccc3)cc2)N1c1ccccc1. The van der Waals surface area contributed by atoms with Gasteiger partial charge in [-0.1, -0.05) is 72.8 Å². The van der Waals surface area contributed by atoms with Crippen LogP contribution in [0.4, 0.5) is 5.69 Å². The molecule has 0 saturated heterocycles. The third-order valence-corrected chi connectivity index (χ3v) is 6.26. The molecule has 0 N–H and O–H groups in total. The van der Waals surface area contributed by atoms with Crippen LogP contribution < -0.4 is 15.1 Å². The van der Waals surface area contributed by atoms with Gasteiger partial charge in [0.15, 0.2) is 5.43 Å². The average Bonchev–Trinajstić information content (AvgIpc) is 3.21. The Labute approximate surface area is 201 Å². The molecule has 5 heteroatoms. The maximum absolute atomic E-state index is 13.6. The van der Waals surface area contributed by atoms with Crippen LogP contribution in [0.3, 0.4) is 0 Å². The summed E-state index contributed by atoms with van der Waals surface area (Å²) < 4.78 is 11.9. The first-order valence-electron chi connectivity index (χ1n) is 11.4. The molecule has 1 aliphatic rings. The van der Waals surface area contributed by atoms with E-state index in [0.717, 1.165) is 11.1 Å². The molecule has 0 aliphatic carbocycles. The quantitative estimate of drug-likeness (QED) is 0.318. The summed E-state index contributed by atoms with van der Waals surface area (Å²) in [6, 6.07) is 33.3. The zero-order valence-electron chi connectivity index (χ0n) is 18.8. The third kappa shape index (κ3) is 3.67. The Balaban J connectivity index is 1.43. The Morgan fingerprint density at radius 2 is 1.40 bits per heavy atom. The topological polar surface area (TPSA) is 59.8 Å². The lowest BCUT2D eigenvalue weighted by atomic mass is 9.98. The Bertz CT molecular complexity index is 1570.